The van der Waals surface area contributed by atoms with E-state index in [2.05, 4.69) is 57.2 Å². The summed E-state index contributed by atoms with van der Waals surface area (Å²) in [6.45, 7) is 7.48. The van der Waals surface area contributed by atoms with Gasteiger partial charge >= 0.3 is 21.2 Å². The lowest BCUT2D eigenvalue weighted by Gasteiger charge is -2.06. The fourth-order valence-corrected chi connectivity index (χ4v) is 5.81. The fraction of sp³-hybridized carbons (Fsp3) is 0.520. The number of hydrogen-bond donors (Lipinski definition) is 0. The normalized spacial score (nSPS) is 10.9. The van der Waals surface area contributed by atoms with E-state index < -0.39 is 0 Å². The van der Waals surface area contributed by atoms with Crippen molar-refractivity contribution in [2.75, 3.05) is 13.7 Å². The lowest BCUT2D eigenvalue weighted by Crippen LogP contribution is -3.62. The van der Waals surface area contributed by atoms with E-state index in [1.54, 1.807) is 7.11 Å². The van der Waals surface area contributed by atoms with Crippen LogP contribution >= 0.6 is 0 Å². The number of ether oxygens (including phenoxy) is 2. The molecule has 0 fully saturated rings. The van der Waals surface area contributed by atoms with Crippen LogP contribution in [0.15, 0.2) is 36.4 Å². The fourth-order valence-electron chi connectivity index (χ4n) is 3.30. The van der Waals surface area contributed by atoms with E-state index in [4.69, 9.17) is 9.47 Å². The zero-order valence-electron chi connectivity index (χ0n) is 18.0. The zero-order chi connectivity index (χ0) is 20.2. The van der Waals surface area contributed by atoms with Crippen molar-refractivity contribution >= 4 is 0 Å². The molecule has 0 atom stereocenters. The van der Waals surface area contributed by atoms with Crippen LogP contribution in [0.5, 0.6) is 11.5 Å². The maximum absolute atomic E-state index is 5.93. The third-order valence-electron chi connectivity index (χ3n) is 4.93. The lowest BCUT2D eigenvalue weighted by molar-refractivity contribution is -0.598. The average molecular weight is 495 g/mol. The van der Waals surface area contributed by atoms with Gasteiger partial charge in [0.05, 0.1) is 13.7 Å². The molecular formula is C25H36IO2+. The Labute approximate surface area is 182 Å². The Balaban J connectivity index is 1.72. The smallest absolute Gasteiger partial charge is 0.358 e. The summed E-state index contributed by atoms with van der Waals surface area (Å²) in [4.78, 5) is 0. The van der Waals surface area contributed by atoms with E-state index in [0.717, 1.165) is 24.5 Å². The molecule has 2 aromatic carbocycles. The number of benzene rings is 2. The highest BCUT2D eigenvalue weighted by Gasteiger charge is 2.22. The Morgan fingerprint density at radius 3 is 1.89 bits per heavy atom. The number of hydrogen-bond acceptors (Lipinski definition) is 2. The van der Waals surface area contributed by atoms with E-state index in [-0.39, 0.29) is 21.2 Å². The molecule has 0 bridgehead atoms. The minimum atomic E-state index is -0.186. The largest absolute Gasteiger partial charge is 0.497 e. The first-order valence-corrected chi connectivity index (χ1v) is 12.8. The maximum Gasteiger partial charge on any atom is 0.358 e. The number of methoxy groups -OCH3 is 1. The molecule has 0 aromatic heterocycles. The molecule has 0 aliphatic carbocycles. The quantitative estimate of drug-likeness (QED) is 0.310. The van der Waals surface area contributed by atoms with Gasteiger partial charge in [0, 0.05) is 11.1 Å². The van der Waals surface area contributed by atoms with Gasteiger partial charge in [0.2, 0.25) is 0 Å². The Morgan fingerprint density at radius 1 is 0.750 bits per heavy atom. The molecule has 0 aliphatic rings. The number of rotatable bonds is 13. The second kappa shape index (κ2) is 13.1. The van der Waals surface area contributed by atoms with E-state index >= 15 is 0 Å². The van der Waals surface area contributed by atoms with Crippen molar-refractivity contribution in [3.63, 3.8) is 0 Å². The molecular weight excluding hydrogens is 459 g/mol. The van der Waals surface area contributed by atoms with Crippen LogP contribution in [-0.2, 0) is 0 Å². The molecule has 2 aromatic rings. The minimum absolute atomic E-state index is 0.186. The number of unbranched alkanes of at least 4 members (excludes halogenated alkanes) is 7. The Morgan fingerprint density at radius 2 is 1.32 bits per heavy atom. The van der Waals surface area contributed by atoms with Gasteiger partial charge in [0.1, 0.15) is 11.5 Å². The van der Waals surface area contributed by atoms with Crippen molar-refractivity contribution in [3.8, 4) is 11.5 Å². The molecule has 0 heterocycles. The summed E-state index contributed by atoms with van der Waals surface area (Å²) in [5.74, 6) is 1.95. The van der Waals surface area contributed by atoms with Crippen LogP contribution in [0.1, 0.15) is 69.4 Å². The van der Waals surface area contributed by atoms with Crippen LogP contribution in [0.2, 0.25) is 0 Å². The van der Waals surface area contributed by atoms with Gasteiger partial charge in [-0.15, -0.1) is 0 Å². The molecule has 3 heteroatoms. The van der Waals surface area contributed by atoms with Crippen molar-refractivity contribution in [1.29, 1.82) is 0 Å². The van der Waals surface area contributed by atoms with Gasteiger partial charge in [-0.1, -0.05) is 51.9 Å². The molecule has 2 rings (SSSR count). The van der Waals surface area contributed by atoms with Crippen molar-refractivity contribution in [2.24, 2.45) is 0 Å². The first-order chi connectivity index (χ1) is 13.6. The zero-order valence-corrected chi connectivity index (χ0v) is 20.2. The van der Waals surface area contributed by atoms with Gasteiger partial charge < -0.3 is 9.47 Å². The summed E-state index contributed by atoms with van der Waals surface area (Å²) >= 11 is -0.186. The molecule has 0 unspecified atom stereocenters. The third kappa shape index (κ3) is 8.02. The summed E-state index contributed by atoms with van der Waals surface area (Å²) in [6, 6.07) is 13.0. The number of aryl methyl sites for hydroxylation is 2. The monoisotopic (exact) mass is 495 g/mol. The number of halogens is 1. The van der Waals surface area contributed by atoms with Crippen molar-refractivity contribution in [2.45, 2.75) is 72.1 Å². The summed E-state index contributed by atoms with van der Waals surface area (Å²) in [5, 5.41) is 0. The lowest BCUT2D eigenvalue weighted by atomic mass is 10.1. The van der Waals surface area contributed by atoms with Crippen LogP contribution in [0.4, 0.5) is 0 Å². The van der Waals surface area contributed by atoms with Crippen LogP contribution in [0.3, 0.4) is 0 Å². The predicted octanol–water partition coefficient (Wildman–Crippen LogP) is 3.96. The minimum Gasteiger partial charge on any atom is -0.497 e. The predicted molar refractivity (Wildman–Crippen MR) is 114 cm³/mol. The maximum atomic E-state index is 5.93. The van der Waals surface area contributed by atoms with E-state index in [1.807, 2.05) is 0 Å². The van der Waals surface area contributed by atoms with Gasteiger partial charge in [-0.05, 0) is 56.7 Å². The Hall–Kier alpha value is -1.23. The summed E-state index contributed by atoms with van der Waals surface area (Å²) in [7, 11) is 1.73. The molecule has 0 spiro atoms. The Kier molecular flexibility index (Phi) is 10.8. The molecule has 154 valence electrons. The molecule has 0 saturated carbocycles. The van der Waals surface area contributed by atoms with Crippen LogP contribution in [0.25, 0.3) is 0 Å². The first-order valence-electron chi connectivity index (χ1n) is 10.7. The molecule has 0 radical (unpaired) electrons. The molecule has 0 N–H and O–H groups in total. The first kappa shape index (κ1) is 23.1. The third-order valence-corrected chi connectivity index (χ3v) is 8.51. The van der Waals surface area contributed by atoms with Gasteiger partial charge in [-0.3, -0.25) is 0 Å². The standard InChI is InChI=1S/C25H36IO2/c1-5-6-7-8-9-10-11-12-17-28-23-15-13-22(14-16-23)26-25-20(2)18-24(27-4)19-21(25)3/h13-16,18-19H,5-12,17H2,1-4H3/q+1. The van der Waals surface area contributed by atoms with E-state index in [9.17, 15) is 0 Å². The Bertz CT molecular complexity index is 671. The highest BCUT2D eigenvalue weighted by Crippen LogP contribution is 2.16. The molecule has 0 amide bonds. The summed E-state index contributed by atoms with van der Waals surface area (Å²) in [5.41, 5.74) is 2.67. The molecule has 0 saturated heterocycles. The van der Waals surface area contributed by atoms with Crippen LogP contribution in [0, 0.1) is 21.0 Å². The second-order valence-electron chi connectivity index (χ2n) is 7.45. The second-order valence-corrected chi connectivity index (χ2v) is 10.3. The van der Waals surface area contributed by atoms with Crippen molar-refractivity contribution in [3.05, 3.63) is 54.7 Å². The van der Waals surface area contributed by atoms with Crippen LogP contribution in [-0.4, -0.2) is 13.7 Å². The van der Waals surface area contributed by atoms with Crippen molar-refractivity contribution < 1.29 is 30.7 Å². The SMILES string of the molecule is CCCCCCCCCCOc1ccc([I+]c2c(C)cc(OC)cc2C)cc1. The molecule has 2 nitrogen and oxygen atoms in total. The van der Waals surface area contributed by atoms with E-state index in [1.165, 1.54) is 63.2 Å². The van der Waals surface area contributed by atoms with Gasteiger partial charge in [-0.25, -0.2) is 0 Å². The summed E-state index contributed by atoms with van der Waals surface area (Å²) in [6.07, 6.45) is 10.7. The highest BCUT2D eigenvalue weighted by atomic mass is 127. The van der Waals surface area contributed by atoms with Crippen molar-refractivity contribution in [1.82, 2.24) is 0 Å². The highest BCUT2D eigenvalue weighted by molar-refractivity contribution is 5.32. The topological polar surface area (TPSA) is 18.5 Å². The van der Waals surface area contributed by atoms with Crippen LogP contribution < -0.4 is 30.7 Å². The van der Waals surface area contributed by atoms with Gasteiger partial charge in [-0.2, -0.15) is 0 Å². The molecule has 28 heavy (non-hydrogen) atoms. The van der Waals surface area contributed by atoms with Gasteiger partial charge in [0.15, 0.2) is 7.14 Å². The summed E-state index contributed by atoms with van der Waals surface area (Å²) < 4.78 is 14.2. The van der Waals surface area contributed by atoms with Gasteiger partial charge in [0.25, 0.3) is 0 Å². The average Bonchev–Trinajstić information content (AvgIpc) is 2.70. The molecule has 0 aliphatic heterocycles. The van der Waals surface area contributed by atoms with E-state index in [0.29, 0.717) is 0 Å².